The van der Waals surface area contributed by atoms with E-state index in [2.05, 4.69) is 13.7 Å². The highest BCUT2D eigenvalue weighted by molar-refractivity contribution is 6.11. The number of aromatic nitrogens is 6. The molecule has 3 saturated heterocycles. The van der Waals surface area contributed by atoms with Crippen molar-refractivity contribution in [3.05, 3.63) is 141 Å². The van der Waals surface area contributed by atoms with Crippen LogP contribution in [0.25, 0.3) is 0 Å². The van der Waals surface area contributed by atoms with Crippen LogP contribution in [0.2, 0.25) is 0 Å². The van der Waals surface area contributed by atoms with Gasteiger partial charge in [-0.25, -0.2) is 38.1 Å². The molecule has 9 aliphatic rings. The zero-order valence-corrected chi connectivity index (χ0v) is 60.4. The second-order valence-corrected chi connectivity index (χ2v) is 30.0. The fraction of sp³-hybridized carbons (Fsp3) is 0.564. The lowest BCUT2D eigenvalue weighted by Gasteiger charge is -2.46. The molecule has 0 unspecified atom stereocenters. The maximum atomic E-state index is 13.9. The third-order valence-corrected chi connectivity index (χ3v) is 21.8. The van der Waals surface area contributed by atoms with E-state index in [1.54, 1.807) is 33.4 Å². The smallest absolute Gasteiger partial charge is 0.410 e. The van der Waals surface area contributed by atoms with E-state index in [9.17, 15) is 47.4 Å². The van der Waals surface area contributed by atoms with Crippen LogP contribution in [0.5, 0.6) is 0 Å². The van der Waals surface area contributed by atoms with Gasteiger partial charge in [-0.05, 0) is 179 Å². The third-order valence-electron chi connectivity index (χ3n) is 21.8. The van der Waals surface area contributed by atoms with E-state index in [0.717, 1.165) is 190 Å². The number of fused-ring (bicyclic) bond motifs is 9. The van der Waals surface area contributed by atoms with Crippen LogP contribution < -0.4 is 14.7 Å². The second-order valence-electron chi connectivity index (χ2n) is 30.0. The van der Waals surface area contributed by atoms with Crippen molar-refractivity contribution in [2.45, 2.75) is 237 Å². The lowest BCUT2D eigenvalue weighted by Crippen LogP contribution is -2.65. The lowest BCUT2D eigenvalue weighted by molar-refractivity contribution is -0.129. The summed E-state index contributed by atoms with van der Waals surface area (Å²) < 4.78 is 48.2. The van der Waals surface area contributed by atoms with Crippen molar-refractivity contribution in [2.24, 2.45) is 0 Å². The van der Waals surface area contributed by atoms with Gasteiger partial charge in [-0.2, -0.15) is 0 Å². The number of benzene rings is 3. The fourth-order valence-corrected chi connectivity index (χ4v) is 16.9. The van der Waals surface area contributed by atoms with E-state index in [-0.39, 0.29) is 80.9 Å². The van der Waals surface area contributed by atoms with Crippen LogP contribution >= 0.6 is 0 Å². The van der Waals surface area contributed by atoms with Crippen LogP contribution in [0.1, 0.15) is 187 Å². The monoisotopic (exact) mass is 1420 g/mol. The highest BCUT2D eigenvalue weighted by Crippen LogP contribution is 2.51. The Labute approximate surface area is 600 Å². The summed E-state index contributed by atoms with van der Waals surface area (Å²) >= 11 is 0. The molecule has 23 nitrogen and oxygen atoms in total. The number of carbonyl (C=O) groups excluding carboxylic acids is 7. The van der Waals surface area contributed by atoms with Crippen LogP contribution in [0.15, 0.2) is 72.8 Å². The SMILES string of the molecule is CC(C)OC(=O)N1CC2(C1)C(=O)N(Cc1nc3c(n1CCCC(F)F)CCCC3)c1ccccc12.CC(C)OC(=O)N1CC2(C1)C(=O)N(Cc1nc3c(n1CCCC=O)CCCC3)c1ccccc12.CC(C)OC(=O)N1CC2(C1)C(=O)N(Cc1nc3c(n1CCCCO)CCCC3)c1ccccc12. The summed E-state index contributed by atoms with van der Waals surface area (Å²) in [5.41, 5.74) is 10.3. The number of anilines is 3. The Hall–Kier alpha value is -9.00. The summed E-state index contributed by atoms with van der Waals surface area (Å²) in [7, 11) is 0. The Balaban J connectivity index is 0.000000138. The van der Waals surface area contributed by atoms with E-state index in [1.807, 2.05) is 110 Å². The molecule has 0 atom stereocenters. The summed E-state index contributed by atoms with van der Waals surface area (Å²) in [6.07, 6.45) is 12.4. The van der Waals surface area contributed by atoms with Crippen LogP contribution in [0, 0.1) is 0 Å². The van der Waals surface area contributed by atoms with Gasteiger partial charge in [0.05, 0.1) is 55.0 Å². The summed E-state index contributed by atoms with van der Waals surface area (Å²) in [5, 5.41) is 9.26. The summed E-state index contributed by atoms with van der Waals surface area (Å²) in [6.45, 7) is 16.1. The van der Waals surface area contributed by atoms with Crippen molar-refractivity contribution in [2.75, 3.05) is 60.6 Å². The first kappa shape index (κ1) is 72.4. The van der Waals surface area contributed by atoms with Crippen molar-refractivity contribution >= 4 is 59.3 Å². The highest BCUT2D eigenvalue weighted by Gasteiger charge is 2.62. The van der Waals surface area contributed by atoms with Gasteiger partial charge in [0.1, 0.15) is 40.0 Å². The molecular formula is C78H98F2N12O11. The molecule has 550 valence electrons. The van der Waals surface area contributed by atoms with Gasteiger partial charge in [0, 0.05) is 112 Å². The quantitative estimate of drug-likeness (QED) is 0.0401. The number of aliphatic hydroxyl groups excluding tert-OH is 1. The third kappa shape index (κ3) is 13.9. The van der Waals surface area contributed by atoms with Crippen LogP contribution in [0.4, 0.5) is 40.2 Å². The Morgan fingerprint density at radius 1 is 0.466 bits per heavy atom. The maximum absolute atomic E-state index is 13.9. The molecule has 6 aliphatic heterocycles. The number of aryl methyl sites for hydroxylation is 3. The van der Waals surface area contributed by atoms with Crippen LogP contribution in [-0.4, -0.2) is 161 Å². The van der Waals surface area contributed by atoms with Crippen molar-refractivity contribution in [1.29, 1.82) is 0 Å². The van der Waals surface area contributed by atoms with Gasteiger partial charge >= 0.3 is 18.3 Å². The minimum Gasteiger partial charge on any atom is -0.447 e. The molecule has 0 bridgehead atoms. The topological polar surface area (TPSA) is 240 Å². The number of hydrogen-bond donors (Lipinski definition) is 1. The number of aliphatic hydroxyl groups is 1. The van der Waals surface area contributed by atoms with Crippen molar-refractivity contribution < 1.29 is 61.7 Å². The van der Waals surface area contributed by atoms with Gasteiger partial charge < -0.3 is 67.2 Å². The number of likely N-dealkylation sites (tertiary alicyclic amines) is 3. The van der Waals surface area contributed by atoms with Crippen molar-refractivity contribution in [3.63, 3.8) is 0 Å². The number of carbonyl (C=O) groups is 7. The first-order valence-electron chi connectivity index (χ1n) is 37.3. The van der Waals surface area contributed by atoms with Gasteiger partial charge in [-0.3, -0.25) is 14.4 Å². The average molecular weight is 1420 g/mol. The van der Waals surface area contributed by atoms with E-state index in [1.165, 1.54) is 11.4 Å². The minimum atomic E-state index is -2.33. The molecule has 6 amide bonds. The van der Waals surface area contributed by atoms with E-state index in [0.29, 0.717) is 58.7 Å². The number of alkyl halides is 2. The molecule has 0 saturated carbocycles. The maximum Gasteiger partial charge on any atom is 0.410 e. The predicted molar refractivity (Wildman–Crippen MR) is 381 cm³/mol. The van der Waals surface area contributed by atoms with Crippen LogP contribution in [0.3, 0.4) is 0 Å². The number of imidazole rings is 3. The van der Waals surface area contributed by atoms with E-state index < -0.39 is 28.8 Å². The Bertz CT molecular complexity index is 4160. The largest absolute Gasteiger partial charge is 0.447 e. The average Bonchev–Trinajstić information content (AvgIpc) is 1.57. The number of para-hydroxylation sites is 3. The van der Waals surface area contributed by atoms with Crippen molar-refractivity contribution in [1.82, 2.24) is 43.4 Å². The first-order valence-corrected chi connectivity index (χ1v) is 37.3. The summed E-state index contributed by atoms with van der Waals surface area (Å²) in [4.78, 5) is 115. The van der Waals surface area contributed by atoms with Crippen molar-refractivity contribution in [3.8, 4) is 0 Å². The standard InChI is InChI=1S/C26H32F2N4O3.C26H34N4O4.C26H32N4O4/c1-17(2)35-25(34)30-15-26(16-30)18-8-3-5-10-20(18)32(24(26)33)14-23-29-19-9-4-6-11-21(19)31(23)13-7-12-22(27)28;2*1-18(2)34-25(33)28-16-26(17-28)19-9-3-5-11-21(19)30(24(26)32)15-23-27-20-10-4-6-12-22(20)29(23)13-7-8-14-31/h3,5,8,10,17,22H,4,6-7,9,11-16H2,1-2H3;3,5,9,11,18,31H,4,6-8,10,12-17H2,1-2H3;3,5,9,11,14,18H,4,6-8,10,12-13,15-17H2,1-2H3. The normalized spacial score (nSPS) is 18.2. The Morgan fingerprint density at radius 3 is 1.09 bits per heavy atom. The number of nitrogens with zero attached hydrogens (tertiary/aromatic N) is 12. The number of halogens is 2. The molecule has 3 aromatic carbocycles. The minimum absolute atomic E-state index is 0.0164. The number of unbranched alkanes of at least 4 members (excludes halogenated alkanes) is 2. The molecule has 103 heavy (non-hydrogen) atoms. The predicted octanol–water partition coefficient (Wildman–Crippen LogP) is 11.0. The molecule has 3 fully saturated rings. The van der Waals surface area contributed by atoms with Gasteiger partial charge in [-0.15, -0.1) is 0 Å². The zero-order chi connectivity index (χ0) is 72.5. The van der Waals surface area contributed by atoms with Crippen LogP contribution in [-0.2, 0) is 127 Å². The molecule has 3 aromatic heterocycles. The molecule has 3 aliphatic carbocycles. The number of aldehydes is 1. The van der Waals surface area contributed by atoms with Gasteiger partial charge in [-0.1, -0.05) is 54.6 Å². The molecule has 0 radical (unpaired) electrons. The molecule has 15 rings (SSSR count). The molecule has 25 heteroatoms. The lowest BCUT2D eigenvalue weighted by atomic mass is 9.75. The van der Waals surface area contributed by atoms with E-state index >= 15 is 0 Å². The Morgan fingerprint density at radius 2 is 0.777 bits per heavy atom. The fourth-order valence-electron chi connectivity index (χ4n) is 16.9. The number of rotatable bonds is 21. The number of ether oxygens (including phenoxy) is 3. The van der Waals surface area contributed by atoms with E-state index in [4.69, 9.17) is 29.2 Å². The highest BCUT2D eigenvalue weighted by atomic mass is 19.3. The molecule has 6 aromatic rings. The second kappa shape index (κ2) is 30.4. The molecule has 3 spiro atoms. The first-order chi connectivity index (χ1) is 49.7. The number of amides is 6. The van der Waals surface area contributed by atoms with Gasteiger partial charge in [0.25, 0.3) is 0 Å². The Kier molecular flexibility index (Phi) is 21.3. The van der Waals surface area contributed by atoms with Gasteiger partial charge in [0.15, 0.2) is 0 Å². The summed E-state index contributed by atoms with van der Waals surface area (Å²) in [5.74, 6) is 2.55. The molecular weight excluding hydrogens is 1320 g/mol. The summed E-state index contributed by atoms with van der Waals surface area (Å²) in [6, 6.07) is 23.5. The molecule has 1 N–H and O–H groups in total. The van der Waals surface area contributed by atoms with Gasteiger partial charge in [0.2, 0.25) is 24.1 Å². The number of hydrogen-bond acceptors (Lipinski definition) is 14. The zero-order valence-electron chi connectivity index (χ0n) is 60.4. The molecule has 9 heterocycles.